The minimum absolute atomic E-state index is 0.0739. The van der Waals surface area contributed by atoms with Gasteiger partial charge >= 0.3 is 0 Å². The highest BCUT2D eigenvalue weighted by Crippen LogP contribution is 2.36. The lowest BCUT2D eigenvalue weighted by molar-refractivity contribution is -0.139. The Morgan fingerprint density at radius 1 is 1.10 bits per heavy atom. The summed E-state index contributed by atoms with van der Waals surface area (Å²) in [6, 6.07) is 4.82. The highest BCUT2D eigenvalue weighted by Gasteiger charge is 2.40. The fourth-order valence-corrected chi connectivity index (χ4v) is 6.85. The van der Waals surface area contributed by atoms with Gasteiger partial charge in [-0.2, -0.15) is 0 Å². The van der Waals surface area contributed by atoms with Crippen molar-refractivity contribution in [2.24, 2.45) is 5.92 Å². The van der Waals surface area contributed by atoms with E-state index >= 15 is 0 Å². The minimum Gasteiger partial charge on any atom is -0.344 e. The summed E-state index contributed by atoms with van der Waals surface area (Å²) >= 11 is 1.36. The minimum atomic E-state index is -0.582. The number of anilines is 1. The molecule has 3 aliphatic rings. The van der Waals surface area contributed by atoms with Gasteiger partial charge in [-0.25, -0.2) is 4.98 Å². The van der Waals surface area contributed by atoms with Crippen molar-refractivity contribution < 1.29 is 24.0 Å². The molecule has 5 rings (SSSR count). The first-order chi connectivity index (χ1) is 20.2. The van der Waals surface area contributed by atoms with Crippen LogP contribution in [0.5, 0.6) is 0 Å². The Balaban J connectivity index is 1.29. The van der Waals surface area contributed by atoms with Gasteiger partial charge in [-0.15, -0.1) is 11.3 Å². The number of nitrogens with zero attached hydrogens (tertiary/aromatic N) is 2. The lowest BCUT2D eigenvalue weighted by Crippen LogP contribution is -2.55. The van der Waals surface area contributed by atoms with Crippen molar-refractivity contribution in [2.45, 2.75) is 82.5 Å². The Kier molecular flexibility index (Phi) is 9.32. The molecule has 4 atom stereocenters. The third-order valence-electron chi connectivity index (χ3n) is 8.52. The van der Waals surface area contributed by atoms with Crippen molar-refractivity contribution in [3.05, 3.63) is 45.9 Å². The Morgan fingerprint density at radius 3 is 2.57 bits per heavy atom. The van der Waals surface area contributed by atoms with Crippen LogP contribution < -0.4 is 21.3 Å². The third-order valence-corrected chi connectivity index (χ3v) is 9.47. The molecule has 1 saturated carbocycles. The molecule has 2 aliphatic heterocycles. The monoisotopic (exact) mass is 594 g/mol. The second-order valence-corrected chi connectivity index (χ2v) is 12.3. The molecule has 3 fully saturated rings. The molecule has 3 heterocycles. The lowest BCUT2D eigenvalue weighted by atomic mass is 9.83. The van der Waals surface area contributed by atoms with Crippen LogP contribution in [0.1, 0.15) is 85.4 Å². The van der Waals surface area contributed by atoms with Crippen molar-refractivity contribution in [3.8, 4) is 0 Å². The summed E-state index contributed by atoms with van der Waals surface area (Å²) < 4.78 is 0. The van der Waals surface area contributed by atoms with Crippen molar-refractivity contribution in [3.63, 3.8) is 0 Å². The second kappa shape index (κ2) is 13.1. The third kappa shape index (κ3) is 6.54. The largest absolute Gasteiger partial charge is 0.344 e. The zero-order valence-electron chi connectivity index (χ0n) is 24.0. The predicted molar refractivity (Wildman–Crippen MR) is 158 cm³/mol. The maximum atomic E-state index is 14.0. The molecular formula is C30H38N6O5S. The van der Waals surface area contributed by atoms with E-state index in [1.165, 1.54) is 11.3 Å². The molecule has 12 heteroatoms. The van der Waals surface area contributed by atoms with E-state index in [4.69, 9.17) is 0 Å². The first kappa shape index (κ1) is 29.8. The number of ketones is 1. The smallest absolute Gasteiger partial charge is 0.247 e. The molecule has 224 valence electrons. The van der Waals surface area contributed by atoms with Crippen LogP contribution in [0.2, 0.25) is 0 Å². The van der Waals surface area contributed by atoms with Gasteiger partial charge in [0.15, 0.2) is 0 Å². The van der Waals surface area contributed by atoms with Gasteiger partial charge in [0.25, 0.3) is 0 Å². The summed E-state index contributed by atoms with van der Waals surface area (Å²) in [6.07, 6.45) is 6.78. The lowest BCUT2D eigenvalue weighted by Gasteiger charge is -2.35. The molecule has 42 heavy (non-hydrogen) atoms. The fourth-order valence-electron chi connectivity index (χ4n) is 5.90. The molecule has 2 saturated heterocycles. The van der Waals surface area contributed by atoms with Gasteiger partial charge in [-0.1, -0.05) is 31.4 Å². The van der Waals surface area contributed by atoms with Crippen molar-refractivity contribution in [1.29, 1.82) is 0 Å². The van der Waals surface area contributed by atoms with E-state index < -0.39 is 18.1 Å². The van der Waals surface area contributed by atoms with Crippen LogP contribution in [0.25, 0.3) is 0 Å². The number of nitrogens with one attached hydrogen (secondary N) is 4. The van der Waals surface area contributed by atoms with Crippen LogP contribution in [0.15, 0.2) is 29.6 Å². The van der Waals surface area contributed by atoms with Crippen LogP contribution in [0.3, 0.4) is 0 Å². The standard InChI is InChI=1S/C30H38N6O5S/c1-17(31-2)27(39)35-25(18-8-4-3-5-9-18)30(41)36-13-7-12-23(36)29-34-22(16-42-29)26(38)19-10-6-11-20(14-19)32-28(40)21-15-24(37)33-21/h6,10-11,14,16-18,21,23,25,31H,3-5,7-9,12-13,15H2,1-2H3,(H,32,40)(H,33,37)(H,35,39). The predicted octanol–water partition coefficient (Wildman–Crippen LogP) is 2.54. The molecule has 4 unspecified atom stereocenters. The highest BCUT2D eigenvalue weighted by molar-refractivity contribution is 7.10. The Hall–Kier alpha value is -3.64. The van der Waals surface area contributed by atoms with Crippen molar-refractivity contribution >= 4 is 46.4 Å². The van der Waals surface area contributed by atoms with Crippen LogP contribution in [0, 0.1) is 5.92 Å². The molecule has 0 bridgehead atoms. The van der Waals surface area contributed by atoms with Gasteiger partial charge in [0, 0.05) is 23.2 Å². The Bertz CT molecular complexity index is 1350. The summed E-state index contributed by atoms with van der Waals surface area (Å²) in [6.45, 7) is 2.36. The summed E-state index contributed by atoms with van der Waals surface area (Å²) in [7, 11) is 1.72. The number of amides is 4. The summed E-state index contributed by atoms with van der Waals surface area (Å²) in [4.78, 5) is 70.1. The van der Waals surface area contributed by atoms with Gasteiger partial charge < -0.3 is 26.2 Å². The molecule has 1 aromatic heterocycles. The average Bonchev–Trinajstić information content (AvgIpc) is 3.68. The normalized spacial score (nSPS) is 22.0. The van der Waals surface area contributed by atoms with E-state index in [-0.39, 0.29) is 53.5 Å². The number of carbonyl (C=O) groups excluding carboxylic acids is 5. The molecule has 0 radical (unpaired) electrons. The molecule has 1 aromatic carbocycles. The number of hydrogen-bond donors (Lipinski definition) is 4. The molecular weight excluding hydrogens is 556 g/mol. The van der Waals surface area contributed by atoms with Crippen LogP contribution in [-0.2, 0) is 19.2 Å². The van der Waals surface area contributed by atoms with E-state index in [1.54, 1.807) is 43.6 Å². The van der Waals surface area contributed by atoms with Crippen LogP contribution in [0.4, 0.5) is 5.69 Å². The number of aromatic nitrogens is 1. The van der Waals surface area contributed by atoms with Crippen molar-refractivity contribution in [2.75, 3.05) is 18.9 Å². The van der Waals surface area contributed by atoms with Crippen LogP contribution >= 0.6 is 11.3 Å². The maximum absolute atomic E-state index is 14.0. The second-order valence-electron chi connectivity index (χ2n) is 11.4. The molecule has 1 aliphatic carbocycles. The number of thiazole rings is 1. The molecule has 11 nitrogen and oxygen atoms in total. The molecule has 0 spiro atoms. The Labute approximate surface area is 249 Å². The maximum Gasteiger partial charge on any atom is 0.247 e. The zero-order chi connectivity index (χ0) is 29.8. The van der Waals surface area contributed by atoms with Gasteiger partial charge in [-0.3, -0.25) is 24.0 Å². The number of β-lactam (4-membered cyclic amide) rings is 1. The van der Waals surface area contributed by atoms with Gasteiger partial charge in [0.2, 0.25) is 29.4 Å². The molecule has 2 aromatic rings. The number of benzene rings is 1. The number of carbonyl (C=O) groups is 5. The van der Waals surface area contributed by atoms with Gasteiger partial charge in [0.05, 0.1) is 18.5 Å². The van der Waals surface area contributed by atoms with E-state index in [9.17, 15) is 24.0 Å². The molecule has 4 amide bonds. The van der Waals surface area contributed by atoms with Gasteiger partial charge in [0.1, 0.15) is 22.8 Å². The number of hydrogen-bond acceptors (Lipinski definition) is 8. The number of likely N-dealkylation sites (tertiary alicyclic amines) is 1. The van der Waals surface area contributed by atoms with Crippen LogP contribution in [-0.4, -0.2) is 71.0 Å². The number of rotatable bonds is 10. The first-order valence-corrected chi connectivity index (χ1v) is 15.6. The first-order valence-electron chi connectivity index (χ1n) is 14.7. The summed E-state index contributed by atoms with van der Waals surface area (Å²) in [5.41, 5.74) is 1.11. The highest BCUT2D eigenvalue weighted by atomic mass is 32.1. The fraction of sp³-hybridized carbons (Fsp3) is 0.533. The molecule has 4 N–H and O–H groups in total. The number of likely N-dealkylation sites (N-methyl/N-ethyl adjacent to an activating group) is 1. The SMILES string of the molecule is CNC(C)C(=O)NC(C(=O)N1CCCC1c1nc(C(=O)c2cccc(NC(=O)C3CC(=O)N3)c2)cs1)C1CCCCC1. The van der Waals surface area contributed by atoms with Gasteiger partial charge in [-0.05, 0) is 57.7 Å². The van der Waals surface area contributed by atoms with Crippen molar-refractivity contribution in [1.82, 2.24) is 25.8 Å². The van der Waals surface area contributed by atoms with E-state index in [0.717, 1.165) is 44.9 Å². The summed E-state index contributed by atoms with van der Waals surface area (Å²) in [5, 5.41) is 13.7. The quantitative estimate of drug-likeness (QED) is 0.244. The van der Waals surface area contributed by atoms with E-state index in [2.05, 4.69) is 26.3 Å². The summed E-state index contributed by atoms with van der Waals surface area (Å²) in [5.74, 6) is -0.940. The zero-order valence-corrected chi connectivity index (χ0v) is 24.8. The van der Waals surface area contributed by atoms with E-state index in [1.807, 2.05) is 4.90 Å². The topological polar surface area (TPSA) is 150 Å². The average molecular weight is 595 g/mol. The van der Waals surface area contributed by atoms with E-state index in [0.29, 0.717) is 22.8 Å². The Morgan fingerprint density at radius 2 is 1.86 bits per heavy atom.